The summed E-state index contributed by atoms with van der Waals surface area (Å²) in [5.74, 6) is 1.36. The SMILES string of the molecule is CCCNC1CCOCC1S(=O)CC(C)CC. The zero-order valence-electron chi connectivity index (χ0n) is 11.4. The van der Waals surface area contributed by atoms with Crippen molar-refractivity contribution in [3.8, 4) is 0 Å². The Morgan fingerprint density at radius 2 is 2.24 bits per heavy atom. The van der Waals surface area contributed by atoms with Crippen molar-refractivity contribution in [3.05, 3.63) is 0 Å². The molecule has 1 N–H and O–H groups in total. The second-order valence-electron chi connectivity index (χ2n) is 5.02. The van der Waals surface area contributed by atoms with Gasteiger partial charge in [0.05, 0.1) is 11.9 Å². The van der Waals surface area contributed by atoms with E-state index >= 15 is 0 Å². The molecule has 1 fully saturated rings. The van der Waals surface area contributed by atoms with E-state index in [-0.39, 0.29) is 5.25 Å². The van der Waals surface area contributed by atoms with Crippen LogP contribution in [0.5, 0.6) is 0 Å². The normalized spacial score (nSPS) is 28.9. The van der Waals surface area contributed by atoms with Gasteiger partial charge in [-0.15, -0.1) is 0 Å². The Balaban J connectivity index is 2.48. The molecule has 0 aromatic carbocycles. The molecular formula is C13H27NO2S. The molecule has 1 aliphatic rings. The lowest BCUT2D eigenvalue weighted by atomic mass is 10.1. The fraction of sp³-hybridized carbons (Fsp3) is 1.00. The Labute approximate surface area is 108 Å². The fourth-order valence-electron chi connectivity index (χ4n) is 2.06. The largest absolute Gasteiger partial charge is 0.380 e. The van der Waals surface area contributed by atoms with Crippen LogP contribution in [-0.4, -0.2) is 41.0 Å². The van der Waals surface area contributed by atoms with Gasteiger partial charge in [-0.3, -0.25) is 4.21 Å². The minimum atomic E-state index is -0.757. The summed E-state index contributed by atoms with van der Waals surface area (Å²) in [4.78, 5) is 0. The van der Waals surface area contributed by atoms with Crippen molar-refractivity contribution in [3.63, 3.8) is 0 Å². The van der Waals surface area contributed by atoms with Crippen molar-refractivity contribution < 1.29 is 8.95 Å². The van der Waals surface area contributed by atoms with Crippen LogP contribution in [0.3, 0.4) is 0 Å². The van der Waals surface area contributed by atoms with Crippen molar-refractivity contribution in [1.82, 2.24) is 5.32 Å². The molecule has 0 aliphatic carbocycles. The lowest BCUT2D eigenvalue weighted by molar-refractivity contribution is 0.0820. The molecule has 0 saturated carbocycles. The van der Waals surface area contributed by atoms with Crippen LogP contribution in [0.25, 0.3) is 0 Å². The summed E-state index contributed by atoms with van der Waals surface area (Å²) in [5, 5.41) is 3.70. The molecular weight excluding hydrogens is 234 g/mol. The third-order valence-corrected chi connectivity index (χ3v) is 5.48. The van der Waals surface area contributed by atoms with Crippen LogP contribution in [0.2, 0.25) is 0 Å². The van der Waals surface area contributed by atoms with Gasteiger partial charge in [0.1, 0.15) is 0 Å². The third-order valence-electron chi connectivity index (χ3n) is 3.44. The van der Waals surface area contributed by atoms with Gasteiger partial charge < -0.3 is 10.1 Å². The van der Waals surface area contributed by atoms with Gasteiger partial charge in [0.2, 0.25) is 0 Å². The van der Waals surface area contributed by atoms with E-state index in [9.17, 15) is 4.21 Å². The maximum Gasteiger partial charge on any atom is 0.0735 e. The molecule has 17 heavy (non-hydrogen) atoms. The molecule has 0 radical (unpaired) electrons. The Morgan fingerprint density at radius 1 is 1.47 bits per heavy atom. The number of ether oxygens (including phenoxy) is 1. The lowest BCUT2D eigenvalue weighted by Gasteiger charge is -2.32. The van der Waals surface area contributed by atoms with Crippen molar-refractivity contribution in [2.24, 2.45) is 5.92 Å². The molecule has 0 bridgehead atoms. The van der Waals surface area contributed by atoms with E-state index in [2.05, 4.69) is 26.1 Å². The summed E-state index contributed by atoms with van der Waals surface area (Å²) in [6.07, 6.45) is 3.23. The Kier molecular flexibility index (Phi) is 7.32. The summed E-state index contributed by atoms with van der Waals surface area (Å²) in [5.41, 5.74) is 0. The second kappa shape index (κ2) is 8.22. The lowest BCUT2D eigenvalue weighted by Crippen LogP contribution is -2.49. The van der Waals surface area contributed by atoms with Gasteiger partial charge in [0, 0.05) is 29.2 Å². The highest BCUT2D eigenvalue weighted by molar-refractivity contribution is 7.85. The average molecular weight is 261 g/mol. The molecule has 1 heterocycles. The molecule has 4 atom stereocenters. The molecule has 1 aliphatic heterocycles. The van der Waals surface area contributed by atoms with Crippen LogP contribution in [0.4, 0.5) is 0 Å². The Hall–Kier alpha value is 0.0700. The summed E-state index contributed by atoms with van der Waals surface area (Å²) >= 11 is 0. The smallest absolute Gasteiger partial charge is 0.0735 e. The molecule has 0 spiro atoms. The molecule has 4 unspecified atom stereocenters. The van der Waals surface area contributed by atoms with Gasteiger partial charge in [0.15, 0.2) is 0 Å². The molecule has 102 valence electrons. The summed E-state index contributed by atoms with van der Waals surface area (Å²) in [6, 6.07) is 0.383. The summed E-state index contributed by atoms with van der Waals surface area (Å²) in [6.45, 7) is 8.98. The summed E-state index contributed by atoms with van der Waals surface area (Å²) < 4.78 is 17.8. The first kappa shape index (κ1) is 15.1. The van der Waals surface area contributed by atoms with Crippen LogP contribution < -0.4 is 5.32 Å². The first-order valence-electron chi connectivity index (χ1n) is 6.87. The number of rotatable bonds is 7. The maximum absolute atomic E-state index is 12.3. The first-order chi connectivity index (χ1) is 8.19. The molecule has 0 aromatic rings. The standard InChI is InChI=1S/C13H27NO2S/c1-4-7-14-12-6-8-16-9-13(12)17(15)10-11(3)5-2/h11-14H,4-10H2,1-3H3. The van der Waals surface area contributed by atoms with Gasteiger partial charge in [0.25, 0.3) is 0 Å². The predicted molar refractivity (Wildman–Crippen MR) is 73.8 cm³/mol. The summed E-state index contributed by atoms with van der Waals surface area (Å²) in [7, 11) is -0.757. The predicted octanol–water partition coefficient (Wildman–Crippen LogP) is 1.94. The van der Waals surface area contributed by atoms with E-state index in [1.54, 1.807) is 0 Å². The van der Waals surface area contributed by atoms with Crippen LogP contribution >= 0.6 is 0 Å². The number of hydrogen-bond acceptors (Lipinski definition) is 3. The van der Waals surface area contributed by atoms with E-state index < -0.39 is 10.8 Å². The van der Waals surface area contributed by atoms with E-state index in [0.717, 1.165) is 38.2 Å². The van der Waals surface area contributed by atoms with Crippen LogP contribution in [0, 0.1) is 5.92 Å². The van der Waals surface area contributed by atoms with Crippen LogP contribution in [0.1, 0.15) is 40.0 Å². The van der Waals surface area contributed by atoms with Gasteiger partial charge in [-0.2, -0.15) is 0 Å². The Morgan fingerprint density at radius 3 is 2.88 bits per heavy atom. The van der Waals surface area contributed by atoms with Gasteiger partial charge >= 0.3 is 0 Å². The van der Waals surface area contributed by atoms with Crippen LogP contribution in [0.15, 0.2) is 0 Å². The van der Waals surface area contributed by atoms with E-state index in [1.165, 1.54) is 0 Å². The molecule has 3 nitrogen and oxygen atoms in total. The number of hydrogen-bond donors (Lipinski definition) is 1. The second-order valence-corrected chi connectivity index (χ2v) is 6.72. The van der Waals surface area contributed by atoms with E-state index in [0.29, 0.717) is 18.6 Å². The quantitative estimate of drug-likeness (QED) is 0.761. The highest BCUT2D eigenvalue weighted by Gasteiger charge is 2.30. The molecule has 1 saturated heterocycles. The number of nitrogens with one attached hydrogen (secondary N) is 1. The highest BCUT2D eigenvalue weighted by Crippen LogP contribution is 2.16. The van der Waals surface area contributed by atoms with Crippen LogP contribution in [-0.2, 0) is 15.5 Å². The van der Waals surface area contributed by atoms with Crippen molar-refractivity contribution in [2.45, 2.75) is 51.3 Å². The topological polar surface area (TPSA) is 38.3 Å². The van der Waals surface area contributed by atoms with Gasteiger partial charge in [-0.1, -0.05) is 27.2 Å². The maximum atomic E-state index is 12.3. The molecule has 0 amide bonds. The van der Waals surface area contributed by atoms with E-state index in [4.69, 9.17) is 4.74 Å². The molecule has 0 aromatic heterocycles. The van der Waals surface area contributed by atoms with Gasteiger partial charge in [-0.05, 0) is 25.3 Å². The monoisotopic (exact) mass is 261 g/mol. The third kappa shape index (κ3) is 5.06. The molecule has 1 rings (SSSR count). The Bertz CT molecular complexity index is 235. The highest BCUT2D eigenvalue weighted by atomic mass is 32.2. The van der Waals surface area contributed by atoms with Crippen molar-refractivity contribution in [1.29, 1.82) is 0 Å². The zero-order chi connectivity index (χ0) is 12.7. The zero-order valence-corrected chi connectivity index (χ0v) is 12.2. The first-order valence-corrected chi connectivity index (χ1v) is 8.25. The minimum absolute atomic E-state index is 0.185. The van der Waals surface area contributed by atoms with Crippen molar-refractivity contribution in [2.75, 3.05) is 25.5 Å². The average Bonchev–Trinajstić information content (AvgIpc) is 2.36. The molecule has 4 heteroatoms. The van der Waals surface area contributed by atoms with Gasteiger partial charge in [-0.25, -0.2) is 0 Å². The van der Waals surface area contributed by atoms with E-state index in [1.807, 2.05) is 0 Å². The van der Waals surface area contributed by atoms with Crippen molar-refractivity contribution >= 4 is 10.8 Å². The fourth-order valence-corrected chi connectivity index (χ4v) is 3.95. The minimum Gasteiger partial charge on any atom is -0.380 e.